The highest BCUT2D eigenvalue weighted by atomic mass is 79.9. The minimum absolute atomic E-state index is 0.197. The smallest absolute Gasteiger partial charge is 0.155 e. The van der Waals surface area contributed by atoms with Gasteiger partial charge < -0.3 is 11.1 Å². The lowest BCUT2D eigenvalue weighted by atomic mass is 10.2. The Balaban J connectivity index is 2.38. The van der Waals surface area contributed by atoms with Crippen molar-refractivity contribution in [3.05, 3.63) is 46.3 Å². The topological polar surface area (TPSA) is 74.7 Å². The minimum Gasteiger partial charge on any atom is -0.395 e. The normalized spacial score (nSPS) is 9.83. The Hall–Kier alpha value is -2.13. The second-order valence-corrected chi connectivity index (χ2v) is 4.40. The van der Waals surface area contributed by atoms with E-state index in [0.29, 0.717) is 10.0 Å². The first kappa shape index (κ1) is 12.3. The molecule has 1 aromatic heterocycles. The van der Waals surface area contributed by atoms with E-state index < -0.39 is 5.82 Å². The summed E-state index contributed by atoms with van der Waals surface area (Å²) in [5.41, 5.74) is 6.48. The molecule has 0 aliphatic carbocycles. The van der Waals surface area contributed by atoms with Crippen molar-refractivity contribution in [2.45, 2.75) is 0 Å². The van der Waals surface area contributed by atoms with Gasteiger partial charge in [0.15, 0.2) is 5.82 Å². The van der Waals surface area contributed by atoms with Crippen LogP contribution in [0.25, 0.3) is 0 Å². The molecule has 0 saturated heterocycles. The molecule has 0 aliphatic rings. The third kappa shape index (κ3) is 2.41. The summed E-state index contributed by atoms with van der Waals surface area (Å²) in [6.45, 7) is 0. The number of halogens is 2. The van der Waals surface area contributed by atoms with E-state index in [1.54, 1.807) is 12.1 Å². The number of nitrogens with one attached hydrogen (secondary N) is 1. The van der Waals surface area contributed by atoms with Crippen molar-refractivity contribution in [1.29, 1.82) is 5.26 Å². The number of hydrogen-bond donors (Lipinski definition) is 2. The van der Waals surface area contributed by atoms with E-state index in [-0.39, 0.29) is 17.2 Å². The van der Waals surface area contributed by atoms with Crippen LogP contribution in [0.15, 0.2) is 34.9 Å². The largest absolute Gasteiger partial charge is 0.395 e. The average molecular weight is 307 g/mol. The van der Waals surface area contributed by atoms with Crippen molar-refractivity contribution in [3.8, 4) is 6.07 Å². The number of aromatic nitrogens is 1. The van der Waals surface area contributed by atoms with Crippen LogP contribution >= 0.6 is 15.9 Å². The Morgan fingerprint density at radius 3 is 2.83 bits per heavy atom. The summed E-state index contributed by atoms with van der Waals surface area (Å²) < 4.78 is 14.3. The van der Waals surface area contributed by atoms with Gasteiger partial charge in [-0.2, -0.15) is 5.26 Å². The minimum atomic E-state index is -0.437. The summed E-state index contributed by atoms with van der Waals surface area (Å²) in [4.78, 5) is 3.98. The lowest BCUT2D eigenvalue weighted by Gasteiger charge is -2.09. The number of anilines is 3. The van der Waals surface area contributed by atoms with Crippen LogP contribution in [0, 0.1) is 17.1 Å². The van der Waals surface area contributed by atoms with Gasteiger partial charge in [0.2, 0.25) is 0 Å². The summed E-state index contributed by atoms with van der Waals surface area (Å²) in [5.74, 6) is -0.178. The Bertz CT molecular complexity index is 636. The molecule has 4 nitrogen and oxygen atoms in total. The number of nitrogens with two attached hydrogens (primary N) is 1. The van der Waals surface area contributed by atoms with E-state index in [1.165, 1.54) is 18.3 Å². The van der Waals surface area contributed by atoms with Gasteiger partial charge in [-0.1, -0.05) is 15.9 Å². The molecular formula is C12H8BrFN4. The number of nitrogens with zero attached hydrogens (tertiary/aromatic N) is 2. The van der Waals surface area contributed by atoms with E-state index in [4.69, 9.17) is 11.0 Å². The van der Waals surface area contributed by atoms with Crippen LogP contribution in [-0.2, 0) is 0 Å². The van der Waals surface area contributed by atoms with Crippen LogP contribution in [0.3, 0.4) is 0 Å². The lowest BCUT2D eigenvalue weighted by molar-refractivity contribution is 0.631. The highest BCUT2D eigenvalue weighted by Crippen LogP contribution is 2.26. The molecule has 6 heteroatoms. The van der Waals surface area contributed by atoms with Gasteiger partial charge >= 0.3 is 0 Å². The summed E-state index contributed by atoms with van der Waals surface area (Å²) in [7, 11) is 0. The van der Waals surface area contributed by atoms with Gasteiger partial charge in [-0.3, -0.25) is 0 Å². The Kier molecular flexibility index (Phi) is 3.44. The summed E-state index contributed by atoms with van der Waals surface area (Å²) in [5, 5.41) is 11.6. The fraction of sp³-hybridized carbons (Fsp3) is 0. The number of nitrogen functional groups attached to an aromatic ring is 1. The molecule has 18 heavy (non-hydrogen) atoms. The molecule has 0 saturated carbocycles. The SMILES string of the molecule is N#Cc1ccnc(Nc2ccc(Br)cc2F)c1N. The molecule has 2 rings (SSSR count). The molecule has 1 aromatic carbocycles. The maximum atomic E-state index is 13.6. The maximum Gasteiger partial charge on any atom is 0.155 e. The Labute approximate surface area is 111 Å². The van der Waals surface area contributed by atoms with Crippen LogP contribution < -0.4 is 11.1 Å². The quantitative estimate of drug-likeness (QED) is 0.893. The summed E-state index contributed by atoms with van der Waals surface area (Å²) in [6.07, 6.45) is 1.44. The number of hydrogen-bond acceptors (Lipinski definition) is 4. The molecule has 0 spiro atoms. The zero-order chi connectivity index (χ0) is 13.1. The monoisotopic (exact) mass is 306 g/mol. The molecule has 0 amide bonds. The van der Waals surface area contributed by atoms with Gasteiger partial charge in [0.1, 0.15) is 11.9 Å². The molecule has 0 radical (unpaired) electrons. The van der Waals surface area contributed by atoms with E-state index in [2.05, 4.69) is 26.2 Å². The van der Waals surface area contributed by atoms with E-state index in [0.717, 1.165) is 0 Å². The van der Waals surface area contributed by atoms with Crippen LogP contribution in [0.1, 0.15) is 5.56 Å². The number of nitriles is 1. The van der Waals surface area contributed by atoms with E-state index >= 15 is 0 Å². The van der Waals surface area contributed by atoms with Crippen molar-refractivity contribution in [2.24, 2.45) is 0 Å². The fourth-order valence-corrected chi connectivity index (χ4v) is 1.72. The molecule has 0 bridgehead atoms. The fourth-order valence-electron chi connectivity index (χ4n) is 1.39. The van der Waals surface area contributed by atoms with E-state index in [1.807, 2.05) is 6.07 Å². The van der Waals surface area contributed by atoms with Crippen molar-refractivity contribution >= 4 is 33.1 Å². The Morgan fingerprint density at radius 2 is 2.17 bits per heavy atom. The molecule has 1 heterocycles. The van der Waals surface area contributed by atoms with Crippen molar-refractivity contribution in [1.82, 2.24) is 4.98 Å². The molecule has 0 atom stereocenters. The molecule has 90 valence electrons. The number of rotatable bonds is 2. The molecular weight excluding hydrogens is 299 g/mol. The first-order chi connectivity index (χ1) is 8.61. The predicted molar refractivity (Wildman–Crippen MR) is 70.7 cm³/mol. The van der Waals surface area contributed by atoms with Gasteiger partial charge in [-0.15, -0.1) is 0 Å². The van der Waals surface area contributed by atoms with Gasteiger partial charge in [-0.05, 0) is 24.3 Å². The second-order valence-electron chi connectivity index (χ2n) is 3.48. The van der Waals surface area contributed by atoms with Crippen molar-refractivity contribution in [2.75, 3.05) is 11.1 Å². The van der Waals surface area contributed by atoms with Gasteiger partial charge in [0.05, 0.1) is 16.9 Å². The van der Waals surface area contributed by atoms with Gasteiger partial charge in [-0.25, -0.2) is 9.37 Å². The van der Waals surface area contributed by atoms with Crippen molar-refractivity contribution < 1.29 is 4.39 Å². The maximum absolute atomic E-state index is 13.6. The van der Waals surface area contributed by atoms with Gasteiger partial charge in [0.25, 0.3) is 0 Å². The molecule has 3 N–H and O–H groups in total. The molecule has 0 fully saturated rings. The van der Waals surface area contributed by atoms with Crippen LogP contribution in [0.4, 0.5) is 21.6 Å². The standard InChI is InChI=1S/C12H8BrFN4/c13-8-1-2-10(9(14)5-8)18-12-11(16)7(6-15)3-4-17-12/h1-5H,16H2,(H,17,18). The van der Waals surface area contributed by atoms with Gasteiger partial charge in [0, 0.05) is 10.7 Å². The average Bonchev–Trinajstić information content (AvgIpc) is 2.35. The molecule has 2 aromatic rings. The number of benzene rings is 1. The lowest BCUT2D eigenvalue weighted by Crippen LogP contribution is -2.02. The van der Waals surface area contributed by atoms with Crippen LogP contribution in [-0.4, -0.2) is 4.98 Å². The van der Waals surface area contributed by atoms with Crippen LogP contribution in [0.2, 0.25) is 0 Å². The highest BCUT2D eigenvalue weighted by Gasteiger charge is 2.09. The highest BCUT2D eigenvalue weighted by molar-refractivity contribution is 9.10. The van der Waals surface area contributed by atoms with Crippen molar-refractivity contribution in [3.63, 3.8) is 0 Å². The first-order valence-electron chi connectivity index (χ1n) is 4.98. The third-order valence-electron chi connectivity index (χ3n) is 2.29. The first-order valence-corrected chi connectivity index (χ1v) is 5.78. The number of pyridine rings is 1. The van der Waals surface area contributed by atoms with Crippen LogP contribution in [0.5, 0.6) is 0 Å². The third-order valence-corrected chi connectivity index (χ3v) is 2.79. The summed E-state index contributed by atoms with van der Waals surface area (Å²) in [6, 6.07) is 8.01. The predicted octanol–water partition coefficient (Wildman–Crippen LogP) is 3.18. The zero-order valence-corrected chi connectivity index (χ0v) is 10.7. The molecule has 0 aliphatic heterocycles. The molecule has 0 unspecified atom stereocenters. The van der Waals surface area contributed by atoms with E-state index in [9.17, 15) is 4.39 Å². The zero-order valence-electron chi connectivity index (χ0n) is 9.11. The Morgan fingerprint density at radius 1 is 1.39 bits per heavy atom. The summed E-state index contributed by atoms with van der Waals surface area (Å²) >= 11 is 3.17. The second kappa shape index (κ2) is 5.02.